The van der Waals surface area contributed by atoms with E-state index in [-0.39, 0.29) is 22.3 Å². The van der Waals surface area contributed by atoms with Gasteiger partial charge in [-0.2, -0.15) is 0 Å². The van der Waals surface area contributed by atoms with Crippen molar-refractivity contribution in [3.63, 3.8) is 0 Å². The first-order valence-electron chi connectivity index (χ1n) is 17.2. The van der Waals surface area contributed by atoms with E-state index in [1.54, 1.807) is 0 Å². The van der Waals surface area contributed by atoms with Gasteiger partial charge in [0.05, 0.1) is 38.6 Å². The van der Waals surface area contributed by atoms with E-state index < -0.39 is 160 Å². The number of nitrogens with zero attached hydrogens (tertiary/aromatic N) is 8. The molecule has 0 amide bonds. The van der Waals surface area contributed by atoms with Crippen molar-refractivity contribution >= 4 is 51.6 Å². The number of rotatable bonds is 3. The molecule has 1 N–H and O–H groups in total. The normalized spacial score (nSPS) is 15.1. The highest BCUT2D eigenvalue weighted by atomic mass is 19.2. The largest absolute Gasteiger partial charge is 0.246 e. The topological polar surface area (TPSA) is 96.0 Å². The molecular weight excluding hydrogens is 784 g/mol. The molecule has 9 nitrogen and oxygen atoms in total. The smallest absolute Gasteiger partial charge is 0.171 e. The fourth-order valence-corrected chi connectivity index (χ4v) is 7.26. The molecular formula is C39H23F10N9. The summed E-state index contributed by atoms with van der Waals surface area (Å²) in [6.45, 7) is 9.17. The molecule has 0 atom stereocenters. The number of aromatic nitrogens is 2. The van der Waals surface area contributed by atoms with Crippen LogP contribution in [-0.2, 0) is 6.67 Å². The van der Waals surface area contributed by atoms with Crippen molar-refractivity contribution in [2.24, 2.45) is 30.0 Å². The van der Waals surface area contributed by atoms with Crippen LogP contribution < -0.4 is 16.5 Å². The van der Waals surface area contributed by atoms with Gasteiger partial charge < -0.3 is 0 Å². The molecule has 0 saturated heterocycles. The van der Waals surface area contributed by atoms with Gasteiger partial charge in [-0.1, -0.05) is 12.2 Å². The van der Waals surface area contributed by atoms with Crippen LogP contribution in [0.1, 0.15) is 69.5 Å². The number of hydrogen-bond acceptors (Lipinski definition) is 7. The predicted octanol–water partition coefficient (Wildman–Crippen LogP) is 8.49. The van der Waals surface area contributed by atoms with E-state index in [9.17, 15) is 0 Å². The predicted molar refractivity (Wildman–Crippen MR) is 194 cm³/mol. The van der Waals surface area contributed by atoms with Gasteiger partial charge in [-0.25, -0.2) is 88.7 Å². The second-order valence-corrected chi connectivity index (χ2v) is 14.0. The maximum atomic E-state index is 16.9. The Balaban J connectivity index is 1.62. The number of aliphatic imine (C=N–C) groups is 4. The number of benzene rings is 3. The van der Waals surface area contributed by atoms with Crippen molar-refractivity contribution < 1.29 is 43.9 Å². The Bertz CT molecular complexity index is 3150. The molecule has 6 bridgehead atoms. The van der Waals surface area contributed by atoms with Crippen molar-refractivity contribution in [3.8, 4) is 0 Å². The van der Waals surface area contributed by atoms with Gasteiger partial charge >= 0.3 is 0 Å². The van der Waals surface area contributed by atoms with Gasteiger partial charge in [0.25, 0.3) is 0 Å². The summed E-state index contributed by atoms with van der Waals surface area (Å²) >= 11 is 0. The summed E-state index contributed by atoms with van der Waals surface area (Å²) in [6, 6.07) is 0. The highest BCUT2D eigenvalue weighted by Gasteiger charge is 2.39. The highest BCUT2D eigenvalue weighted by molar-refractivity contribution is 6.25. The third-order valence-electron chi connectivity index (χ3n) is 10.8. The van der Waals surface area contributed by atoms with Crippen molar-refractivity contribution in [2.75, 3.05) is 5.53 Å². The minimum Gasteiger partial charge on any atom is -0.246 e. The lowest BCUT2D eigenvalue weighted by molar-refractivity contribution is 0.480. The number of fused-ring (bicyclic) bond motifs is 11. The van der Waals surface area contributed by atoms with Crippen molar-refractivity contribution in [3.05, 3.63) is 131 Å². The number of amidine groups is 4. The van der Waals surface area contributed by atoms with Crippen LogP contribution in [-0.4, -0.2) is 32.7 Å². The van der Waals surface area contributed by atoms with Gasteiger partial charge in [-0.3, -0.25) is 0 Å². The van der Waals surface area contributed by atoms with Crippen LogP contribution in [0.2, 0.25) is 0 Å². The Labute approximate surface area is 319 Å². The standard InChI is InChI=1S/C39H23F10N9/c1-9(2)10(3)23(41)16-15(8-40)36-52-32-17-18(25(43)12(5)11(4)24(17)42)33(50-32)55-39-22-21(27(45)14(7)29(47)31(22)49)38-54-34-19-20(30(48)28(46)13(6)26(19)44)35(51-34)53-37(16)57(36)56-58(38)39/h56H,1,8H2,2-7H3/b23-10+,52-32?,52-36?,53-35?,53-37?,54-34?,54-38?,55-33?,55-39?. The molecule has 19 heteroatoms. The van der Waals surface area contributed by atoms with Crippen molar-refractivity contribution in [1.29, 1.82) is 0 Å². The van der Waals surface area contributed by atoms with Crippen molar-refractivity contribution in [2.45, 2.75) is 48.2 Å². The molecule has 0 radical (unpaired) electrons. The number of halogens is 10. The molecule has 4 aliphatic rings. The van der Waals surface area contributed by atoms with E-state index in [0.29, 0.717) is 9.35 Å². The maximum Gasteiger partial charge on any atom is 0.171 e. The van der Waals surface area contributed by atoms with Crippen LogP contribution >= 0.6 is 0 Å². The van der Waals surface area contributed by atoms with Gasteiger partial charge in [0.2, 0.25) is 0 Å². The second kappa shape index (κ2) is 12.2. The molecule has 294 valence electrons. The molecule has 3 aromatic carbocycles. The summed E-state index contributed by atoms with van der Waals surface area (Å²) < 4.78 is 162. The lowest BCUT2D eigenvalue weighted by Gasteiger charge is -2.15. The van der Waals surface area contributed by atoms with Gasteiger partial charge in [-0.15, -0.1) is 0 Å². The molecule has 58 heavy (non-hydrogen) atoms. The van der Waals surface area contributed by atoms with Gasteiger partial charge in [0.1, 0.15) is 35.8 Å². The van der Waals surface area contributed by atoms with Crippen LogP contribution in [0.4, 0.5) is 55.5 Å². The van der Waals surface area contributed by atoms with E-state index in [1.807, 2.05) is 0 Å². The highest BCUT2D eigenvalue weighted by Crippen LogP contribution is 2.45. The molecule has 0 spiro atoms. The zero-order valence-electron chi connectivity index (χ0n) is 30.8. The second-order valence-electron chi connectivity index (χ2n) is 14.0. The van der Waals surface area contributed by atoms with Crippen molar-refractivity contribution in [1.82, 2.24) is 9.35 Å². The summed E-state index contributed by atoms with van der Waals surface area (Å²) in [5, 5.41) is -1.83. The van der Waals surface area contributed by atoms with E-state index >= 15 is 43.9 Å². The lowest BCUT2D eigenvalue weighted by atomic mass is 9.98. The number of nitrogens with one attached hydrogen (secondary N) is 1. The third kappa shape index (κ3) is 4.54. The molecule has 2 aromatic heterocycles. The lowest BCUT2D eigenvalue weighted by Crippen LogP contribution is -2.40. The average Bonchev–Trinajstić information content (AvgIpc) is 3.91. The zero-order chi connectivity index (χ0) is 41.7. The molecule has 0 unspecified atom stereocenters. The summed E-state index contributed by atoms with van der Waals surface area (Å²) in [5.41, 5.74) is -5.20. The Kier molecular flexibility index (Phi) is 7.75. The fourth-order valence-electron chi connectivity index (χ4n) is 7.26. The molecule has 4 aliphatic heterocycles. The summed E-state index contributed by atoms with van der Waals surface area (Å²) in [7, 11) is 0. The Morgan fingerprint density at radius 3 is 1.48 bits per heavy atom. The van der Waals surface area contributed by atoms with Gasteiger partial charge in [0, 0.05) is 16.7 Å². The first-order chi connectivity index (χ1) is 27.4. The van der Waals surface area contributed by atoms with E-state index in [2.05, 4.69) is 42.1 Å². The number of hydrogen-bond donors (Lipinski definition) is 1. The quantitative estimate of drug-likeness (QED) is 0.111. The molecule has 9 rings (SSSR count). The van der Waals surface area contributed by atoms with Gasteiger partial charge in [0.15, 0.2) is 69.2 Å². The summed E-state index contributed by atoms with van der Waals surface area (Å²) in [4.78, 5) is 25.7. The van der Waals surface area contributed by atoms with Gasteiger partial charge in [-0.05, 0) is 58.2 Å². The Hall–Kier alpha value is -6.66. The molecule has 5 aromatic rings. The first kappa shape index (κ1) is 36.9. The minimum atomic E-state index is -1.72. The van der Waals surface area contributed by atoms with E-state index in [0.717, 1.165) is 13.8 Å². The number of allylic oxidation sites excluding steroid dienone is 2. The first-order valence-corrected chi connectivity index (χ1v) is 17.2. The Morgan fingerprint density at radius 2 is 0.966 bits per heavy atom. The fraction of sp³-hybridized carbons (Fsp3) is 0.179. The van der Waals surface area contributed by atoms with E-state index in [1.165, 1.54) is 27.7 Å². The molecule has 0 fully saturated rings. The molecule has 6 heterocycles. The van der Waals surface area contributed by atoms with Crippen LogP contribution in [0.5, 0.6) is 0 Å². The van der Waals surface area contributed by atoms with Crippen LogP contribution in [0.3, 0.4) is 0 Å². The molecule has 0 aliphatic carbocycles. The SMILES string of the molecule is C=C(C)/C(C)=C(/F)c1c(CF)c2n3c1=NC1=NC(=Nc4c5c(F)c(C)c(F)c(F)c5c(n4N3)N=C3N=C(N=2)c2c(F)c(C)c(C)c(F)c23)c2c(F)c(C)c(F)c(F)c21. The van der Waals surface area contributed by atoms with Crippen LogP contribution in [0, 0.1) is 74.2 Å². The minimum absolute atomic E-state index is 0.134. The van der Waals surface area contributed by atoms with Crippen LogP contribution in [0.15, 0.2) is 47.7 Å². The third-order valence-corrected chi connectivity index (χ3v) is 10.8. The monoisotopic (exact) mass is 807 g/mol. The molecule has 0 saturated carbocycles. The zero-order valence-corrected chi connectivity index (χ0v) is 30.8. The number of alkyl halides is 1. The average molecular weight is 808 g/mol. The van der Waals surface area contributed by atoms with E-state index in [4.69, 9.17) is 0 Å². The Morgan fingerprint density at radius 1 is 0.534 bits per heavy atom. The maximum absolute atomic E-state index is 16.9. The summed E-state index contributed by atoms with van der Waals surface area (Å²) in [5.74, 6) is -17.5. The summed E-state index contributed by atoms with van der Waals surface area (Å²) in [6.07, 6.45) is 0. The van der Waals surface area contributed by atoms with Crippen LogP contribution in [0.25, 0.3) is 16.6 Å².